The largest absolute Gasteiger partial charge is 0.495 e. The van der Waals surface area contributed by atoms with Gasteiger partial charge in [0.1, 0.15) is 5.75 Å². The Balaban J connectivity index is 2.38. The van der Waals surface area contributed by atoms with Crippen molar-refractivity contribution in [2.45, 2.75) is 6.04 Å². The van der Waals surface area contributed by atoms with Crippen LogP contribution in [0.2, 0.25) is 0 Å². The lowest BCUT2D eigenvalue weighted by molar-refractivity contribution is 0.411. The molecule has 2 aromatic heterocycles. The summed E-state index contributed by atoms with van der Waals surface area (Å²) in [6, 6.07) is 3.66. The van der Waals surface area contributed by atoms with E-state index >= 15 is 0 Å². The summed E-state index contributed by atoms with van der Waals surface area (Å²) in [7, 11) is 1.60. The van der Waals surface area contributed by atoms with E-state index in [1.165, 1.54) is 0 Å². The van der Waals surface area contributed by atoms with Crippen molar-refractivity contribution >= 4 is 15.9 Å². The molecular formula is C12H13BrN4O. The number of methoxy groups -OCH3 is 1. The number of nitrogens with one attached hydrogen (secondary N) is 1. The molecule has 6 heteroatoms. The highest BCUT2D eigenvalue weighted by Crippen LogP contribution is 2.24. The third kappa shape index (κ3) is 2.84. The standard InChI is InChI=1S/C12H13BrN4O/c1-18-11-3-9(5-16-7-11)12(17-14)8-2-10(13)6-15-4-8/h2-7,12,17H,14H2,1H3. The normalized spacial score (nSPS) is 12.2. The van der Waals surface area contributed by atoms with Crippen LogP contribution >= 0.6 is 15.9 Å². The van der Waals surface area contributed by atoms with Crippen molar-refractivity contribution in [3.8, 4) is 5.75 Å². The fourth-order valence-electron chi connectivity index (χ4n) is 1.68. The first-order chi connectivity index (χ1) is 8.74. The van der Waals surface area contributed by atoms with Gasteiger partial charge in [-0.3, -0.25) is 15.8 Å². The van der Waals surface area contributed by atoms with Gasteiger partial charge in [-0.15, -0.1) is 0 Å². The van der Waals surface area contributed by atoms with Crippen LogP contribution in [0.5, 0.6) is 5.75 Å². The van der Waals surface area contributed by atoms with Crippen molar-refractivity contribution in [1.29, 1.82) is 0 Å². The van der Waals surface area contributed by atoms with Gasteiger partial charge < -0.3 is 4.74 Å². The number of nitrogens with zero attached hydrogens (tertiary/aromatic N) is 2. The Morgan fingerprint density at radius 2 is 1.83 bits per heavy atom. The monoisotopic (exact) mass is 308 g/mol. The van der Waals surface area contributed by atoms with Crippen molar-refractivity contribution in [2.75, 3.05) is 7.11 Å². The Bertz CT molecular complexity index is 535. The molecule has 0 aliphatic carbocycles. The number of nitrogens with two attached hydrogens (primary N) is 1. The number of aromatic nitrogens is 2. The first-order valence-electron chi connectivity index (χ1n) is 5.30. The van der Waals surface area contributed by atoms with Crippen molar-refractivity contribution in [1.82, 2.24) is 15.4 Å². The van der Waals surface area contributed by atoms with Gasteiger partial charge in [-0.2, -0.15) is 0 Å². The van der Waals surface area contributed by atoms with Gasteiger partial charge in [0.25, 0.3) is 0 Å². The molecule has 2 rings (SSSR count). The smallest absolute Gasteiger partial charge is 0.137 e. The minimum Gasteiger partial charge on any atom is -0.495 e. The third-order valence-corrected chi connectivity index (χ3v) is 2.96. The second kappa shape index (κ2) is 5.90. The van der Waals surface area contributed by atoms with Crippen LogP contribution in [0.3, 0.4) is 0 Å². The maximum Gasteiger partial charge on any atom is 0.137 e. The maximum absolute atomic E-state index is 5.62. The Labute approximate surface area is 113 Å². The molecule has 0 amide bonds. The zero-order valence-corrected chi connectivity index (χ0v) is 11.4. The van der Waals surface area contributed by atoms with E-state index in [1.54, 1.807) is 31.9 Å². The molecule has 0 aliphatic heterocycles. The van der Waals surface area contributed by atoms with E-state index in [4.69, 9.17) is 10.6 Å². The molecule has 18 heavy (non-hydrogen) atoms. The Kier molecular flexibility index (Phi) is 4.24. The lowest BCUT2D eigenvalue weighted by atomic mass is 10.0. The predicted octanol–water partition coefficient (Wildman–Crippen LogP) is 1.80. The zero-order chi connectivity index (χ0) is 13.0. The maximum atomic E-state index is 5.62. The minimum absolute atomic E-state index is 0.183. The molecule has 0 radical (unpaired) electrons. The molecule has 5 nitrogen and oxygen atoms in total. The molecule has 0 saturated heterocycles. The van der Waals surface area contributed by atoms with Gasteiger partial charge >= 0.3 is 0 Å². The summed E-state index contributed by atoms with van der Waals surface area (Å²) in [5, 5.41) is 0. The number of halogens is 1. The van der Waals surface area contributed by atoms with Gasteiger partial charge in [0.15, 0.2) is 0 Å². The van der Waals surface area contributed by atoms with Gasteiger partial charge in [0, 0.05) is 23.1 Å². The van der Waals surface area contributed by atoms with Gasteiger partial charge in [0.2, 0.25) is 0 Å². The van der Waals surface area contributed by atoms with Gasteiger partial charge in [-0.25, -0.2) is 5.43 Å². The van der Waals surface area contributed by atoms with Crippen LogP contribution in [0.4, 0.5) is 0 Å². The molecule has 2 aromatic rings. The molecule has 1 atom stereocenters. The molecule has 1 unspecified atom stereocenters. The summed E-state index contributed by atoms with van der Waals surface area (Å²) < 4.78 is 6.05. The molecule has 2 heterocycles. The number of rotatable bonds is 4. The first-order valence-corrected chi connectivity index (χ1v) is 6.09. The number of hydrogen-bond acceptors (Lipinski definition) is 5. The number of hydrazine groups is 1. The quantitative estimate of drug-likeness (QED) is 0.665. The summed E-state index contributed by atoms with van der Waals surface area (Å²) >= 11 is 3.39. The molecule has 94 valence electrons. The van der Waals surface area contributed by atoms with E-state index in [1.807, 2.05) is 12.1 Å². The number of hydrogen-bond donors (Lipinski definition) is 2. The van der Waals surface area contributed by atoms with Crippen molar-refractivity contribution in [3.63, 3.8) is 0 Å². The van der Waals surface area contributed by atoms with Crippen LogP contribution in [0.25, 0.3) is 0 Å². The minimum atomic E-state index is -0.183. The topological polar surface area (TPSA) is 73.1 Å². The van der Waals surface area contributed by atoms with Crippen molar-refractivity contribution < 1.29 is 4.74 Å². The Morgan fingerprint density at radius 1 is 1.17 bits per heavy atom. The summed E-state index contributed by atoms with van der Waals surface area (Å²) in [5.41, 5.74) is 4.62. The van der Waals surface area contributed by atoms with Crippen molar-refractivity contribution in [3.05, 3.63) is 52.5 Å². The lowest BCUT2D eigenvalue weighted by Crippen LogP contribution is -2.29. The summed E-state index contributed by atoms with van der Waals surface area (Å²) in [6.07, 6.45) is 6.87. The molecule has 3 N–H and O–H groups in total. The van der Waals surface area contributed by atoms with Crippen LogP contribution < -0.4 is 16.0 Å². The molecule has 0 spiro atoms. The van der Waals surface area contributed by atoms with E-state index in [0.717, 1.165) is 15.6 Å². The predicted molar refractivity (Wildman–Crippen MR) is 71.9 cm³/mol. The first kappa shape index (κ1) is 12.9. The van der Waals surface area contributed by atoms with Gasteiger partial charge in [-0.05, 0) is 39.2 Å². The average Bonchev–Trinajstić information content (AvgIpc) is 2.40. The molecule has 0 aliphatic rings. The fourth-order valence-corrected chi connectivity index (χ4v) is 2.06. The van der Waals surface area contributed by atoms with E-state index in [0.29, 0.717) is 5.75 Å². The third-order valence-electron chi connectivity index (χ3n) is 2.53. The molecule has 0 saturated carbocycles. The highest BCUT2D eigenvalue weighted by Gasteiger charge is 2.14. The second-order valence-corrected chi connectivity index (χ2v) is 4.61. The highest BCUT2D eigenvalue weighted by molar-refractivity contribution is 9.10. The van der Waals surface area contributed by atoms with E-state index < -0.39 is 0 Å². The summed E-state index contributed by atoms with van der Waals surface area (Å²) in [6.45, 7) is 0. The van der Waals surface area contributed by atoms with Crippen LogP contribution in [0, 0.1) is 0 Å². The molecule has 0 bridgehead atoms. The fraction of sp³-hybridized carbons (Fsp3) is 0.167. The van der Waals surface area contributed by atoms with Crippen LogP contribution in [-0.4, -0.2) is 17.1 Å². The molecule has 0 aromatic carbocycles. The Morgan fingerprint density at radius 3 is 2.44 bits per heavy atom. The zero-order valence-electron chi connectivity index (χ0n) is 9.80. The van der Waals surface area contributed by atoms with Crippen LogP contribution in [0.15, 0.2) is 41.4 Å². The number of pyridine rings is 2. The summed E-state index contributed by atoms with van der Waals surface area (Å²) in [5.74, 6) is 6.31. The van der Waals surface area contributed by atoms with E-state index in [2.05, 4.69) is 31.3 Å². The van der Waals surface area contributed by atoms with Crippen molar-refractivity contribution in [2.24, 2.45) is 5.84 Å². The van der Waals surface area contributed by atoms with Gasteiger partial charge in [0.05, 0.1) is 19.3 Å². The summed E-state index contributed by atoms with van der Waals surface area (Å²) in [4.78, 5) is 8.25. The van der Waals surface area contributed by atoms with E-state index in [-0.39, 0.29) is 6.04 Å². The molecular weight excluding hydrogens is 296 g/mol. The molecule has 0 fully saturated rings. The van der Waals surface area contributed by atoms with Crippen LogP contribution in [0.1, 0.15) is 17.2 Å². The van der Waals surface area contributed by atoms with Crippen LogP contribution in [-0.2, 0) is 0 Å². The SMILES string of the molecule is COc1cncc(C(NN)c2cncc(Br)c2)c1. The number of ether oxygens (including phenoxy) is 1. The lowest BCUT2D eigenvalue weighted by Gasteiger charge is -2.16. The van der Waals surface area contributed by atoms with E-state index in [9.17, 15) is 0 Å². The average molecular weight is 309 g/mol. The highest BCUT2D eigenvalue weighted by atomic mass is 79.9. The Hall–Kier alpha value is -1.50. The second-order valence-electron chi connectivity index (χ2n) is 3.69. The van der Waals surface area contributed by atoms with Gasteiger partial charge in [-0.1, -0.05) is 0 Å².